The number of amides is 1. The number of benzene rings is 1. The summed E-state index contributed by atoms with van der Waals surface area (Å²) < 4.78 is 13.1. The fraction of sp³-hybridized carbons (Fsp3) is 0.400. The number of nitrogens with one attached hydrogen (secondary N) is 1. The van der Waals surface area contributed by atoms with E-state index in [9.17, 15) is 9.18 Å². The van der Waals surface area contributed by atoms with Crippen LogP contribution in [-0.2, 0) is 17.6 Å². The first-order valence-electron chi connectivity index (χ1n) is 8.81. The zero-order valence-corrected chi connectivity index (χ0v) is 15.0. The first-order valence-corrected chi connectivity index (χ1v) is 8.81. The van der Waals surface area contributed by atoms with Crippen molar-refractivity contribution in [2.24, 2.45) is 0 Å². The van der Waals surface area contributed by atoms with E-state index in [1.54, 1.807) is 6.20 Å². The van der Waals surface area contributed by atoms with E-state index < -0.39 is 0 Å². The molecule has 1 aromatic heterocycles. The van der Waals surface area contributed by atoms with Crippen LogP contribution < -0.4 is 5.32 Å². The van der Waals surface area contributed by atoms with Gasteiger partial charge < -0.3 is 10.2 Å². The molecule has 0 atom stereocenters. The van der Waals surface area contributed by atoms with Gasteiger partial charge in [0.2, 0.25) is 5.91 Å². The van der Waals surface area contributed by atoms with Gasteiger partial charge in [0.1, 0.15) is 5.82 Å². The number of halogens is 1. The van der Waals surface area contributed by atoms with Gasteiger partial charge in [0.25, 0.3) is 0 Å². The van der Waals surface area contributed by atoms with Crippen molar-refractivity contribution in [1.29, 1.82) is 0 Å². The fourth-order valence-corrected chi connectivity index (χ4v) is 2.66. The molecule has 4 nitrogen and oxygen atoms in total. The van der Waals surface area contributed by atoms with E-state index in [1.807, 2.05) is 12.1 Å². The monoisotopic (exact) mass is 343 g/mol. The summed E-state index contributed by atoms with van der Waals surface area (Å²) in [5.41, 5.74) is 2.77. The molecule has 1 N–H and O–H groups in total. The van der Waals surface area contributed by atoms with Gasteiger partial charge in [0.15, 0.2) is 0 Å². The molecule has 0 aliphatic heterocycles. The number of carbonyl (C=O) groups is 1. The SMILES string of the molecule is CCN(CC)CCc1ccc(NC(=O)CCc2cncc(F)c2)cc1. The van der Waals surface area contributed by atoms with Crippen LogP contribution in [0.15, 0.2) is 42.7 Å². The highest BCUT2D eigenvalue weighted by Gasteiger charge is 2.05. The van der Waals surface area contributed by atoms with Crippen LogP contribution in [0.2, 0.25) is 0 Å². The summed E-state index contributed by atoms with van der Waals surface area (Å²) in [4.78, 5) is 18.2. The molecule has 2 aromatic rings. The Morgan fingerprint density at radius 1 is 1.08 bits per heavy atom. The second-order valence-electron chi connectivity index (χ2n) is 6.03. The van der Waals surface area contributed by atoms with Crippen LogP contribution >= 0.6 is 0 Å². The third-order valence-corrected chi connectivity index (χ3v) is 4.25. The van der Waals surface area contributed by atoms with Crippen molar-refractivity contribution >= 4 is 11.6 Å². The number of likely N-dealkylation sites (N-methyl/N-ethyl adjacent to an activating group) is 1. The molecule has 1 heterocycles. The quantitative estimate of drug-likeness (QED) is 0.755. The Balaban J connectivity index is 1.79. The van der Waals surface area contributed by atoms with Crippen LogP contribution in [0.25, 0.3) is 0 Å². The summed E-state index contributed by atoms with van der Waals surface area (Å²) >= 11 is 0. The van der Waals surface area contributed by atoms with E-state index in [2.05, 4.69) is 41.2 Å². The highest BCUT2D eigenvalue weighted by atomic mass is 19.1. The maximum absolute atomic E-state index is 13.1. The van der Waals surface area contributed by atoms with Crippen molar-refractivity contribution in [2.45, 2.75) is 33.1 Å². The third kappa shape index (κ3) is 6.63. The molecule has 0 saturated heterocycles. The lowest BCUT2D eigenvalue weighted by Gasteiger charge is -2.17. The zero-order chi connectivity index (χ0) is 18.1. The van der Waals surface area contributed by atoms with Crippen LogP contribution in [0.4, 0.5) is 10.1 Å². The number of rotatable bonds is 9. The summed E-state index contributed by atoms with van der Waals surface area (Å²) in [7, 11) is 0. The van der Waals surface area contributed by atoms with Gasteiger partial charge in [-0.3, -0.25) is 9.78 Å². The molecule has 1 amide bonds. The number of anilines is 1. The zero-order valence-electron chi connectivity index (χ0n) is 15.0. The predicted octanol–water partition coefficient (Wildman–Crippen LogP) is 3.68. The Morgan fingerprint density at radius 2 is 1.80 bits per heavy atom. The minimum atomic E-state index is -0.377. The van der Waals surface area contributed by atoms with Crippen molar-refractivity contribution in [3.8, 4) is 0 Å². The molecule has 0 aliphatic rings. The number of hydrogen-bond donors (Lipinski definition) is 1. The van der Waals surface area contributed by atoms with Gasteiger partial charge in [-0.05, 0) is 55.3 Å². The molecule has 134 valence electrons. The molecule has 0 unspecified atom stereocenters. The maximum atomic E-state index is 13.1. The van der Waals surface area contributed by atoms with Gasteiger partial charge in [-0.2, -0.15) is 0 Å². The third-order valence-electron chi connectivity index (χ3n) is 4.25. The number of aryl methyl sites for hydroxylation is 1. The van der Waals surface area contributed by atoms with Gasteiger partial charge in [0.05, 0.1) is 6.20 Å². The van der Waals surface area contributed by atoms with E-state index in [1.165, 1.54) is 11.6 Å². The van der Waals surface area contributed by atoms with Crippen LogP contribution in [0.1, 0.15) is 31.4 Å². The highest BCUT2D eigenvalue weighted by Crippen LogP contribution is 2.12. The van der Waals surface area contributed by atoms with Gasteiger partial charge in [-0.25, -0.2) is 4.39 Å². The van der Waals surface area contributed by atoms with Crippen LogP contribution in [0.3, 0.4) is 0 Å². The Morgan fingerprint density at radius 3 is 2.44 bits per heavy atom. The lowest BCUT2D eigenvalue weighted by atomic mass is 10.1. The second-order valence-corrected chi connectivity index (χ2v) is 6.03. The summed E-state index contributed by atoms with van der Waals surface area (Å²) in [6, 6.07) is 9.37. The van der Waals surface area contributed by atoms with Crippen molar-refractivity contribution in [1.82, 2.24) is 9.88 Å². The first kappa shape index (κ1) is 19.1. The molecular weight excluding hydrogens is 317 g/mol. The van der Waals surface area contributed by atoms with E-state index in [0.29, 0.717) is 12.8 Å². The molecule has 0 spiro atoms. The van der Waals surface area contributed by atoms with E-state index in [-0.39, 0.29) is 11.7 Å². The Bertz CT molecular complexity index is 669. The molecule has 25 heavy (non-hydrogen) atoms. The molecule has 2 rings (SSSR count). The fourth-order valence-electron chi connectivity index (χ4n) is 2.66. The first-order chi connectivity index (χ1) is 12.1. The van der Waals surface area contributed by atoms with Gasteiger partial charge in [0, 0.05) is 24.8 Å². The number of aromatic nitrogens is 1. The minimum absolute atomic E-state index is 0.0832. The number of pyridine rings is 1. The average Bonchev–Trinajstić information content (AvgIpc) is 2.62. The van der Waals surface area contributed by atoms with Crippen LogP contribution in [-0.4, -0.2) is 35.4 Å². The average molecular weight is 343 g/mol. The molecule has 0 bridgehead atoms. The summed E-state index contributed by atoms with van der Waals surface area (Å²) in [5, 5.41) is 2.88. The standard InChI is InChI=1S/C20H26FN3O/c1-3-24(4-2)12-11-16-5-8-19(9-6-16)23-20(25)10-7-17-13-18(21)15-22-14-17/h5-6,8-9,13-15H,3-4,7,10-12H2,1-2H3,(H,23,25). The molecular formula is C20H26FN3O. The van der Waals surface area contributed by atoms with Crippen LogP contribution in [0, 0.1) is 5.82 Å². The van der Waals surface area contributed by atoms with Crippen molar-refractivity contribution in [3.63, 3.8) is 0 Å². The Hall–Kier alpha value is -2.27. The summed E-state index contributed by atoms with van der Waals surface area (Å²) in [5.74, 6) is -0.460. The number of carbonyl (C=O) groups excluding carboxylic acids is 1. The Labute approximate surface area is 149 Å². The van der Waals surface area contributed by atoms with Crippen molar-refractivity contribution in [3.05, 3.63) is 59.7 Å². The molecule has 0 aliphatic carbocycles. The van der Waals surface area contributed by atoms with E-state index >= 15 is 0 Å². The topological polar surface area (TPSA) is 45.2 Å². The van der Waals surface area contributed by atoms with E-state index in [4.69, 9.17) is 0 Å². The van der Waals surface area contributed by atoms with Crippen molar-refractivity contribution < 1.29 is 9.18 Å². The molecule has 5 heteroatoms. The summed E-state index contributed by atoms with van der Waals surface area (Å²) in [6.07, 6.45) is 4.52. The normalized spacial score (nSPS) is 10.9. The molecule has 0 fully saturated rings. The molecule has 1 aromatic carbocycles. The number of hydrogen-bond acceptors (Lipinski definition) is 3. The molecule has 0 radical (unpaired) electrons. The second kappa shape index (κ2) is 9.89. The number of nitrogens with zero attached hydrogens (tertiary/aromatic N) is 2. The Kier molecular flexibility index (Phi) is 7.54. The maximum Gasteiger partial charge on any atom is 0.224 e. The van der Waals surface area contributed by atoms with Crippen LogP contribution in [0.5, 0.6) is 0 Å². The molecule has 0 saturated carbocycles. The summed E-state index contributed by atoms with van der Waals surface area (Å²) in [6.45, 7) is 7.50. The van der Waals surface area contributed by atoms with Gasteiger partial charge in [-0.1, -0.05) is 26.0 Å². The largest absolute Gasteiger partial charge is 0.326 e. The van der Waals surface area contributed by atoms with Gasteiger partial charge >= 0.3 is 0 Å². The van der Waals surface area contributed by atoms with E-state index in [0.717, 1.165) is 43.5 Å². The smallest absolute Gasteiger partial charge is 0.224 e. The predicted molar refractivity (Wildman–Crippen MR) is 99.1 cm³/mol. The lowest BCUT2D eigenvalue weighted by Crippen LogP contribution is -2.25. The minimum Gasteiger partial charge on any atom is -0.326 e. The highest BCUT2D eigenvalue weighted by molar-refractivity contribution is 5.90. The van der Waals surface area contributed by atoms with Gasteiger partial charge in [-0.15, -0.1) is 0 Å². The van der Waals surface area contributed by atoms with Crippen molar-refractivity contribution in [2.75, 3.05) is 25.0 Å². The lowest BCUT2D eigenvalue weighted by molar-refractivity contribution is -0.116.